The SMILES string of the molecule is CCOC(=O)c1cc2n(n1)C[C@@](C)(C(=O)NC1CCC(C)CC1)N(c1ccc(F)cc1C)C2=O. The minimum Gasteiger partial charge on any atom is -0.461 e. The van der Waals surface area contributed by atoms with Gasteiger partial charge in [-0.05, 0) is 76.1 Å². The van der Waals surface area contributed by atoms with E-state index in [1.54, 1.807) is 20.8 Å². The van der Waals surface area contributed by atoms with Crippen LogP contribution in [0.25, 0.3) is 0 Å². The molecule has 182 valence electrons. The van der Waals surface area contributed by atoms with Crippen LogP contribution in [-0.4, -0.2) is 45.8 Å². The minimum atomic E-state index is -1.34. The van der Waals surface area contributed by atoms with E-state index < -0.39 is 23.2 Å². The Bertz CT molecular complexity index is 1120. The number of hydrogen-bond acceptors (Lipinski definition) is 5. The third kappa shape index (κ3) is 4.31. The molecule has 1 aliphatic carbocycles. The highest BCUT2D eigenvalue weighted by atomic mass is 19.1. The Labute approximate surface area is 198 Å². The van der Waals surface area contributed by atoms with E-state index >= 15 is 0 Å². The Morgan fingerprint density at radius 2 is 1.94 bits per heavy atom. The predicted octanol–water partition coefficient (Wildman–Crippen LogP) is 3.62. The molecule has 2 amide bonds. The van der Waals surface area contributed by atoms with E-state index in [2.05, 4.69) is 17.3 Å². The van der Waals surface area contributed by atoms with Gasteiger partial charge >= 0.3 is 5.97 Å². The molecule has 1 N–H and O–H groups in total. The summed E-state index contributed by atoms with van der Waals surface area (Å²) in [6, 6.07) is 5.52. The van der Waals surface area contributed by atoms with Gasteiger partial charge in [0.1, 0.15) is 17.1 Å². The summed E-state index contributed by atoms with van der Waals surface area (Å²) >= 11 is 0. The largest absolute Gasteiger partial charge is 0.461 e. The summed E-state index contributed by atoms with van der Waals surface area (Å²) < 4.78 is 20.3. The zero-order valence-electron chi connectivity index (χ0n) is 20.1. The molecule has 1 aromatic heterocycles. The molecule has 1 aliphatic heterocycles. The van der Waals surface area contributed by atoms with Crippen molar-refractivity contribution in [3.63, 3.8) is 0 Å². The number of anilines is 1. The maximum absolute atomic E-state index is 13.9. The summed E-state index contributed by atoms with van der Waals surface area (Å²) in [7, 11) is 0. The number of aryl methyl sites for hydroxylation is 1. The van der Waals surface area contributed by atoms with E-state index in [4.69, 9.17) is 4.74 Å². The maximum Gasteiger partial charge on any atom is 0.358 e. The fourth-order valence-electron chi connectivity index (χ4n) is 4.88. The highest BCUT2D eigenvalue weighted by Gasteiger charge is 2.50. The summed E-state index contributed by atoms with van der Waals surface area (Å²) in [5.41, 5.74) is -0.201. The van der Waals surface area contributed by atoms with Gasteiger partial charge in [0.2, 0.25) is 5.91 Å². The number of benzene rings is 1. The molecular weight excluding hydrogens is 439 g/mol. The summed E-state index contributed by atoms with van der Waals surface area (Å²) in [5, 5.41) is 7.42. The van der Waals surface area contributed by atoms with Gasteiger partial charge in [0.25, 0.3) is 5.91 Å². The van der Waals surface area contributed by atoms with Crippen LogP contribution in [0.3, 0.4) is 0 Å². The van der Waals surface area contributed by atoms with E-state index in [1.807, 2.05) is 0 Å². The molecule has 0 radical (unpaired) electrons. The zero-order valence-corrected chi connectivity index (χ0v) is 20.1. The average Bonchev–Trinajstić information content (AvgIpc) is 3.21. The molecule has 1 fully saturated rings. The van der Waals surface area contributed by atoms with Crippen molar-refractivity contribution >= 4 is 23.5 Å². The van der Waals surface area contributed by atoms with E-state index in [0.717, 1.165) is 25.7 Å². The van der Waals surface area contributed by atoms with Crippen molar-refractivity contribution in [2.45, 2.75) is 71.5 Å². The van der Waals surface area contributed by atoms with Crippen molar-refractivity contribution in [3.05, 3.63) is 47.0 Å². The van der Waals surface area contributed by atoms with Crippen molar-refractivity contribution in [1.82, 2.24) is 15.1 Å². The first-order chi connectivity index (χ1) is 16.1. The number of esters is 1. The van der Waals surface area contributed by atoms with Crippen LogP contribution in [0.1, 0.15) is 73.0 Å². The van der Waals surface area contributed by atoms with Crippen LogP contribution in [-0.2, 0) is 16.1 Å². The number of carbonyl (C=O) groups is 3. The molecule has 1 saturated carbocycles. The normalized spacial score (nSPS) is 24.5. The molecule has 34 heavy (non-hydrogen) atoms. The molecule has 8 nitrogen and oxygen atoms in total. The van der Waals surface area contributed by atoms with Crippen LogP contribution >= 0.6 is 0 Å². The standard InChI is InChI=1S/C25H31FN4O4/c1-5-34-23(32)19-13-21-22(31)30(20-11-8-17(26)12-16(20)3)25(4,14-29(21)28-19)24(33)27-18-9-6-15(2)7-10-18/h8,11-13,15,18H,5-7,9-10,14H2,1-4H3,(H,27,33)/t15?,18?,25-/m0/s1. The lowest BCUT2D eigenvalue weighted by atomic mass is 9.86. The molecule has 0 saturated heterocycles. The van der Waals surface area contributed by atoms with Gasteiger partial charge in [0, 0.05) is 17.8 Å². The number of ether oxygens (including phenoxy) is 1. The fourth-order valence-corrected chi connectivity index (χ4v) is 4.88. The van der Waals surface area contributed by atoms with Crippen molar-refractivity contribution in [2.24, 2.45) is 5.92 Å². The van der Waals surface area contributed by atoms with Crippen molar-refractivity contribution in [3.8, 4) is 0 Å². The molecule has 2 aromatic rings. The van der Waals surface area contributed by atoms with Crippen LogP contribution in [0.5, 0.6) is 0 Å². The number of amides is 2. The number of fused-ring (bicyclic) bond motifs is 1. The lowest BCUT2D eigenvalue weighted by Gasteiger charge is -2.44. The average molecular weight is 471 g/mol. The highest BCUT2D eigenvalue weighted by molar-refractivity contribution is 6.12. The van der Waals surface area contributed by atoms with Crippen LogP contribution in [0.4, 0.5) is 10.1 Å². The Balaban J connectivity index is 1.74. The topological polar surface area (TPSA) is 93.5 Å². The van der Waals surface area contributed by atoms with Gasteiger partial charge in [-0.25, -0.2) is 9.18 Å². The van der Waals surface area contributed by atoms with E-state index in [1.165, 1.54) is 33.8 Å². The molecule has 0 spiro atoms. The molecule has 4 rings (SSSR count). The Hall–Kier alpha value is -3.23. The Kier molecular flexibility index (Phi) is 6.47. The minimum absolute atomic E-state index is 0.00639. The van der Waals surface area contributed by atoms with Crippen LogP contribution in [0, 0.1) is 18.7 Å². The van der Waals surface area contributed by atoms with Gasteiger partial charge in [-0.2, -0.15) is 5.10 Å². The molecule has 1 aromatic carbocycles. The monoisotopic (exact) mass is 470 g/mol. The van der Waals surface area contributed by atoms with Crippen LogP contribution in [0.2, 0.25) is 0 Å². The third-order valence-corrected chi connectivity index (χ3v) is 6.88. The number of halogens is 1. The molecule has 0 unspecified atom stereocenters. The molecule has 2 aliphatic rings. The lowest BCUT2D eigenvalue weighted by molar-refractivity contribution is -0.127. The van der Waals surface area contributed by atoms with Gasteiger partial charge < -0.3 is 10.1 Å². The number of nitrogens with one attached hydrogen (secondary N) is 1. The molecule has 1 atom stereocenters. The Morgan fingerprint density at radius 3 is 2.59 bits per heavy atom. The number of rotatable bonds is 5. The fraction of sp³-hybridized carbons (Fsp3) is 0.520. The smallest absolute Gasteiger partial charge is 0.358 e. The predicted molar refractivity (Wildman–Crippen MR) is 124 cm³/mol. The van der Waals surface area contributed by atoms with Gasteiger partial charge in [0.15, 0.2) is 5.69 Å². The quantitative estimate of drug-likeness (QED) is 0.674. The maximum atomic E-state index is 13.9. The van der Waals surface area contributed by atoms with Gasteiger partial charge in [-0.3, -0.25) is 19.2 Å². The molecule has 9 heteroatoms. The second-order valence-electron chi connectivity index (χ2n) is 9.57. The van der Waals surface area contributed by atoms with Crippen molar-refractivity contribution in [1.29, 1.82) is 0 Å². The lowest BCUT2D eigenvalue weighted by Crippen LogP contribution is -2.65. The van der Waals surface area contributed by atoms with Gasteiger partial charge in [-0.1, -0.05) is 6.92 Å². The van der Waals surface area contributed by atoms with Crippen molar-refractivity contribution in [2.75, 3.05) is 11.5 Å². The third-order valence-electron chi connectivity index (χ3n) is 6.88. The number of nitrogens with zero attached hydrogens (tertiary/aromatic N) is 3. The first kappa shape index (κ1) is 23.9. The number of carbonyl (C=O) groups excluding carboxylic acids is 3. The second-order valence-corrected chi connectivity index (χ2v) is 9.57. The first-order valence-corrected chi connectivity index (χ1v) is 11.8. The summed E-state index contributed by atoms with van der Waals surface area (Å²) in [5.74, 6) is -1.22. The van der Waals surface area contributed by atoms with Crippen LogP contribution < -0.4 is 10.2 Å². The van der Waals surface area contributed by atoms with Crippen molar-refractivity contribution < 1.29 is 23.5 Å². The molecule has 2 heterocycles. The van der Waals surface area contributed by atoms with E-state index in [0.29, 0.717) is 17.2 Å². The molecular formula is C25H31FN4O4. The summed E-state index contributed by atoms with van der Waals surface area (Å²) in [6.45, 7) is 7.49. The summed E-state index contributed by atoms with van der Waals surface area (Å²) in [4.78, 5) is 41.1. The number of hydrogen-bond donors (Lipinski definition) is 1. The zero-order chi connectivity index (χ0) is 24.6. The van der Waals surface area contributed by atoms with E-state index in [9.17, 15) is 18.8 Å². The number of aromatic nitrogens is 2. The first-order valence-electron chi connectivity index (χ1n) is 11.8. The van der Waals surface area contributed by atoms with Crippen LogP contribution in [0.15, 0.2) is 24.3 Å². The molecule has 0 bridgehead atoms. The van der Waals surface area contributed by atoms with Gasteiger partial charge in [0.05, 0.1) is 13.2 Å². The second kappa shape index (κ2) is 9.19. The Morgan fingerprint density at radius 1 is 1.24 bits per heavy atom. The van der Waals surface area contributed by atoms with Gasteiger partial charge in [-0.15, -0.1) is 0 Å². The highest BCUT2D eigenvalue weighted by Crippen LogP contribution is 2.35. The summed E-state index contributed by atoms with van der Waals surface area (Å²) in [6.07, 6.45) is 3.83. The van der Waals surface area contributed by atoms with E-state index in [-0.39, 0.29) is 36.5 Å².